The Labute approximate surface area is 272 Å². The maximum Gasteiger partial charge on any atom is 0.264 e. The Morgan fingerprint density at radius 2 is 1.59 bits per heavy atom. The van der Waals surface area contributed by atoms with Gasteiger partial charge in [-0.2, -0.15) is 0 Å². The van der Waals surface area contributed by atoms with E-state index in [1.54, 1.807) is 31.2 Å². The molecule has 0 aromatic heterocycles. The van der Waals surface area contributed by atoms with Crippen LogP contribution < -0.4 is 23.8 Å². The highest BCUT2D eigenvalue weighted by molar-refractivity contribution is 7.92. The maximum absolute atomic E-state index is 14.3. The molecule has 4 rings (SSSR count). The number of carbonyl (C=O) groups excluding carboxylic acids is 2. The molecule has 3 aromatic carbocycles. The Kier molecular flexibility index (Phi) is 12.3. The Hall–Kier alpha value is -4.25. The summed E-state index contributed by atoms with van der Waals surface area (Å²) < 4.78 is 45.8. The molecule has 1 unspecified atom stereocenters. The monoisotopic (exact) mass is 651 g/mol. The van der Waals surface area contributed by atoms with E-state index in [1.165, 1.54) is 37.3 Å². The van der Waals surface area contributed by atoms with Crippen molar-refractivity contribution in [2.75, 3.05) is 38.2 Å². The van der Waals surface area contributed by atoms with Crippen molar-refractivity contribution in [1.29, 1.82) is 0 Å². The standard InChI is InChI=1S/C35H45N3O7S/c1-5-45-30-18-16-29(17-19-30)38(46(41,42)31-20-21-32(43-3)33(24-31)44-4)25-34(39)37(23-22-27-12-8-6-9-13-27)26(2)35(40)36-28-14-10-7-11-15-28/h6,8-9,12-13,16-21,24,26,28H,5,7,10-11,14-15,22-23,25H2,1-4H3,(H,36,40). The fourth-order valence-electron chi connectivity index (χ4n) is 5.65. The summed E-state index contributed by atoms with van der Waals surface area (Å²) >= 11 is 0. The topological polar surface area (TPSA) is 114 Å². The summed E-state index contributed by atoms with van der Waals surface area (Å²) in [7, 11) is -1.40. The number of ether oxygens (including phenoxy) is 3. The first kappa shape index (κ1) is 34.6. The first-order chi connectivity index (χ1) is 22.2. The van der Waals surface area contributed by atoms with E-state index < -0.39 is 28.5 Å². The van der Waals surface area contributed by atoms with Gasteiger partial charge in [-0.15, -0.1) is 0 Å². The third kappa shape index (κ3) is 8.72. The number of hydrogen-bond donors (Lipinski definition) is 1. The Morgan fingerprint density at radius 1 is 0.913 bits per heavy atom. The molecule has 0 saturated heterocycles. The van der Waals surface area contributed by atoms with E-state index in [4.69, 9.17) is 14.2 Å². The van der Waals surface area contributed by atoms with Gasteiger partial charge >= 0.3 is 0 Å². The lowest BCUT2D eigenvalue weighted by Crippen LogP contribution is -2.53. The number of hydrogen-bond acceptors (Lipinski definition) is 7. The lowest BCUT2D eigenvalue weighted by molar-refractivity contribution is -0.139. The minimum atomic E-state index is -4.29. The van der Waals surface area contributed by atoms with Gasteiger partial charge in [0, 0.05) is 18.7 Å². The Balaban J connectivity index is 1.68. The van der Waals surface area contributed by atoms with Crippen molar-refractivity contribution in [1.82, 2.24) is 10.2 Å². The van der Waals surface area contributed by atoms with Crippen LogP contribution in [0.2, 0.25) is 0 Å². The lowest BCUT2D eigenvalue weighted by Gasteiger charge is -2.33. The number of methoxy groups -OCH3 is 2. The average molecular weight is 652 g/mol. The van der Waals surface area contributed by atoms with Crippen LogP contribution in [0.15, 0.2) is 77.7 Å². The highest BCUT2D eigenvalue weighted by atomic mass is 32.2. The van der Waals surface area contributed by atoms with Crippen LogP contribution in [0.5, 0.6) is 17.2 Å². The van der Waals surface area contributed by atoms with Crippen LogP contribution in [-0.2, 0) is 26.0 Å². The molecule has 1 atom stereocenters. The first-order valence-electron chi connectivity index (χ1n) is 15.8. The van der Waals surface area contributed by atoms with E-state index in [1.807, 2.05) is 37.3 Å². The van der Waals surface area contributed by atoms with Crippen molar-refractivity contribution >= 4 is 27.5 Å². The van der Waals surface area contributed by atoms with Gasteiger partial charge < -0.3 is 24.4 Å². The van der Waals surface area contributed by atoms with Gasteiger partial charge in [-0.1, -0.05) is 49.6 Å². The summed E-state index contributed by atoms with van der Waals surface area (Å²) in [6.45, 7) is 3.71. The minimum absolute atomic E-state index is 0.0700. The van der Waals surface area contributed by atoms with Crippen LogP contribution in [0, 0.1) is 0 Å². The number of benzene rings is 3. The summed E-state index contributed by atoms with van der Waals surface area (Å²) in [5, 5.41) is 3.13. The number of sulfonamides is 1. The molecule has 0 aliphatic heterocycles. The van der Waals surface area contributed by atoms with E-state index in [2.05, 4.69) is 5.32 Å². The van der Waals surface area contributed by atoms with Crippen molar-refractivity contribution in [3.05, 3.63) is 78.4 Å². The van der Waals surface area contributed by atoms with E-state index in [-0.39, 0.29) is 34.8 Å². The van der Waals surface area contributed by atoms with Gasteiger partial charge in [-0.05, 0) is 75.1 Å². The molecular formula is C35H45N3O7S. The van der Waals surface area contributed by atoms with Crippen molar-refractivity contribution in [3.63, 3.8) is 0 Å². The van der Waals surface area contributed by atoms with E-state index in [0.717, 1.165) is 42.0 Å². The maximum atomic E-state index is 14.3. The molecular weight excluding hydrogens is 606 g/mol. The first-order valence-corrected chi connectivity index (χ1v) is 17.2. The van der Waals surface area contributed by atoms with Gasteiger partial charge in [0.15, 0.2) is 11.5 Å². The normalized spacial score (nSPS) is 14.2. The summed E-state index contributed by atoms with van der Waals surface area (Å²) in [5.41, 5.74) is 1.27. The van der Waals surface area contributed by atoms with Crippen LogP contribution in [0.4, 0.5) is 5.69 Å². The molecule has 1 aliphatic carbocycles. The highest BCUT2D eigenvalue weighted by Gasteiger charge is 2.33. The fraction of sp³-hybridized carbons (Fsp3) is 0.429. The SMILES string of the molecule is CCOc1ccc(N(CC(=O)N(CCc2ccccc2)C(C)C(=O)NC2CCCCC2)S(=O)(=O)c2ccc(OC)c(OC)c2)cc1. The fourth-order valence-corrected chi connectivity index (χ4v) is 7.08. The predicted molar refractivity (Wildman–Crippen MR) is 178 cm³/mol. The molecule has 1 saturated carbocycles. The van der Waals surface area contributed by atoms with Crippen molar-refractivity contribution in [2.45, 2.75) is 69.4 Å². The molecule has 1 fully saturated rings. The zero-order chi connectivity index (χ0) is 33.1. The van der Waals surface area contributed by atoms with Gasteiger partial charge in [0.05, 0.1) is 31.4 Å². The number of amides is 2. The second-order valence-corrected chi connectivity index (χ2v) is 13.2. The quantitative estimate of drug-likeness (QED) is 0.240. The van der Waals surface area contributed by atoms with Gasteiger partial charge in [0.25, 0.3) is 10.0 Å². The van der Waals surface area contributed by atoms with E-state index in [9.17, 15) is 18.0 Å². The molecule has 10 nitrogen and oxygen atoms in total. The number of carbonyl (C=O) groups is 2. The molecule has 0 bridgehead atoms. The zero-order valence-electron chi connectivity index (χ0n) is 27.1. The van der Waals surface area contributed by atoms with Crippen molar-refractivity contribution in [3.8, 4) is 17.2 Å². The summed E-state index contributed by atoms with van der Waals surface area (Å²) in [6.07, 6.45) is 5.58. The Morgan fingerprint density at radius 3 is 2.22 bits per heavy atom. The molecule has 2 amide bonds. The summed E-state index contributed by atoms with van der Waals surface area (Å²) in [4.78, 5) is 29.1. The van der Waals surface area contributed by atoms with Crippen LogP contribution in [-0.4, -0.2) is 71.1 Å². The highest BCUT2D eigenvalue weighted by Crippen LogP contribution is 2.33. The smallest absolute Gasteiger partial charge is 0.264 e. The minimum Gasteiger partial charge on any atom is -0.494 e. The van der Waals surface area contributed by atoms with Gasteiger partial charge in [-0.3, -0.25) is 13.9 Å². The molecule has 0 radical (unpaired) electrons. The molecule has 11 heteroatoms. The zero-order valence-corrected chi connectivity index (χ0v) is 27.9. The number of nitrogens with one attached hydrogen (secondary N) is 1. The predicted octanol–water partition coefficient (Wildman–Crippen LogP) is 5.21. The van der Waals surface area contributed by atoms with Crippen LogP contribution >= 0.6 is 0 Å². The molecule has 1 aliphatic rings. The van der Waals surface area contributed by atoms with Gasteiger partial charge in [0.2, 0.25) is 11.8 Å². The van der Waals surface area contributed by atoms with Crippen molar-refractivity contribution < 1.29 is 32.2 Å². The largest absolute Gasteiger partial charge is 0.494 e. The molecule has 0 spiro atoms. The van der Waals surface area contributed by atoms with Gasteiger partial charge in [-0.25, -0.2) is 8.42 Å². The molecule has 3 aromatic rings. The average Bonchev–Trinajstić information content (AvgIpc) is 3.08. The van der Waals surface area contributed by atoms with Crippen molar-refractivity contribution in [2.24, 2.45) is 0 Å². The third-order valence-electron chi connectivity index (χ3n) is 8.26. The second kappa shape index (κ2) is 16.4. The van der Waals surface area contributed by atoms with Crippen LogP contribution in [0.25, 0.3) is 0 Å². The lowest BCUT2D eigenvalue weighted by atomic mass is 9.95. The Bertz CT molecular complexity index is 1540. The van der Waals surface area contributed by atoms with E-state index in [0.29, 0.717) is 24.5 Å². The summed E-state index contributed by atoms with van der Waals surface area (Å²) in [5.74, 6) is 0.427. The second-order valence-electron chi connectivity index (χ2n) is 11.3. The molecule has 46 heavy (non-hydrogen) atoms. The summed E-state index contributed by atoms with van der Waals surface area (Å²) in [6, 6.07) is 19.7. The van der Waals surface area contributed by atoms with Crippen LogP contribution in [0.3, 0.4) is 0 Å². The van der Waals surface area contributed by atoms with Crippen LogP contribution in [0.1, 0.15) is 51.5 Å². The van der Waals surface area contributed by atoms with E-state index >= 15 is 0 Å². The molecule has 0 heterocycles. The number of nitrogens with zero attached hydrogens (tertiary/aromatic N) is 2. The molecule has 1 N–H and O–H groups in total. The van der Waals surface area contributed by atoms with Gasteiger partial charge in [0.1, 0.15) is 18.3 Å². The number of rotatable bonds is 15. The third-order valence-corrected chi connectivity index (χ3v) is 10.0. The number of anilines is 1. The molecule has 248 valence electrons.